The van der Waals surface area contributed by atoms with E-state index in [1.54, 1.807) is 14.2 Å². The fourth-order valence-electron chi connectivity index (χ4n) is 4.15. The van der Waals surface area contributed by atoms with Gasteiger partial charge in [-0.05, 0) is 53.8 Å². The van der Waals surface area contributed by atoms with Crippen molar-refractivity contribution in [2.24, 2.45) is 0 Å². The van der Waals surface area contributed by atoms with Gasteiger partial charge in [-0.25, -0.2) is 0 Å². The van der Waals surface area contributed by atoms with Crippen LogP contribution in [0.2, 0.25) is 0 Å². The molecule has 0 bridgehead atoms. The summed E-state index contributed by atoms with van der Waals surface area (Å²) in [6, 6.07) is 22.5. The third kappa shape index (κ3) is 5.20. The van der Waals surface area contributed by atoms with E-state index in [9.17, 15) is 4.79 Å². The lowest BCUT2D eigenvalue weighted by Crippen LogP contribution is -2.23. The molecule has 1 N–H and O–H groups in total. The number of methoxy groups -OCH3 is 2. The predicted molar refractivity (Wildman–Crippen MR) is 132 cm³/mol. The number of aromatic nitrogens is 1. The third-order valence-corrected chi connectivity index (χ3v) is 6.03. The van der Waals surface area contributed by atoms with Crippen LogP contribution in [0.1, 0.15) is 28.7 Å². The highest BCUT2D eigenvalue weighted by Gasteiger charge is 2.12. The van der Waals surface area contributed by atoms with Crippen LogP contribution in [0, 0.1) is 6.92 Å². The van der Waals surface area contributed by atoms with Crippen LogP contribution in [0.5, 0.6) is 11.5 Å². The lowest BCUT2D eigenvalue weighted by molar-refractivity contribution is -0.121. The number of benzene rings is 3. The van der Waals surface area contributed by atoms with Crippen LogP contribution in [0.25, 0.3) is 10.9 Å². The third-order valence-electron chi connectivity index (χ3n) is 6.03. The largest absolute Gasteiger partial charge is 0.493 e. The second kappa shape index (κ2) is 10.3. The van der Waals surface area contributed by atoms with Crippen molar-refractivity contribution in [2.75, 3.05) is 14.2 Å². The van der Waals surface area contributed by atoms with Crippen molar-refractivity contribution in [3.8, 4) is 11.5 Å². The van der Waals surface area contributed by atoms with Crippen molar-refractivity contribution < 1.29 is 14.3 Å². The number of para-hydroxylation sites is 1. The molecule has 1 amide bonds. The second-order valence-corrected chi connectivity index (χ2v) is 8.19. The first-order valence-electron chi connectivity index (χ1n) is 11.2. The molecule has 0 aliphatic carbocycles. The summed E-state index contributed by atoms with van der Waals surface area (Å²) >= 11 is 0. The number of carbonyl (C=O) groups is 1. The number of hydrogen-bond acceptors (Lipinski definition) is 3. The smallest absolute Gasteiger partial charge is 0.220 e. The first-order chi connectivity index (χ1) is 16.1. The SMILES string of the molecule is COc1ccc(CNC(=O)CCc2cn(Cc3ccccc3C)c3ccccc23)cc1OC. The number of ether oxygens (including phenoxy) is 2. The Bertz CT molecular complexity index is 1260. The highest BCUT2D eigenvalue weighted by Crippen LogP contribution is 2.27. The number of nitrogens with one attached hydrogen (secondary N) is 1. The molecule has 0 atom stereocenters. The maximum Gasteiger partial charge on any atom is 0.220 e. The molecule has 3 aromatic carbocycles. The molecule has 0 unspecified atom stereocenters. The molecule has 0 radical (unpaired) electrons. The topological polar surface area (TPSA) is 52.5 Å². The minimum absolute atomic E-state index is 0.0283. The maximum atomic E-state index is 12.6. The molecule has 0 aliphatic heterocycles. The number of rotatable bonds is 9. The van der Waals surface area contributed by atoms with Gasteiger partial charge in [-0.2, -0.15) is 0 Å². The molecule has 1 heterocycles. The fraction of sp³-hybridized carbons (Fsp3) is 0.250. The molecule has 1 aromatic heterocycles. The van der Waals surface area contributed by atoms with Crippen LogP contribution >= 0.6 is 0 Å². The average Bonchev–Trinajstić information content (AvgIpc) is 3.20. The van der Waals surface area contributed by atoms with Gasteiger partial charge in [-0.15, -0.1) is 0 Å². The fourth-order valence-corrected chi connectivity index (χ4v) is 4.15. The van der Waals surface area contributed by atoms with Gasteiger partial charge >= 0.3 is 0 Å². The standard InChI is InChI=1S/C28H30N2O3/c1-20-8-4-5-9-22(20)18-30-19-23(24-10-6-7-11-25(24)30)13-15-28(31)29-17-21-12-14-26(32-2)27(16-21)33-3/h4-12,14,16,19H,13,15,17-18H2,1-3H3,(H,29,31). The number of nitrogens with zero attached hydrogens (tertiary/aromatic N) is 1. The van der Waals surface area contributed by atoms with E-state index in [-0.39, 0.29) is 5.91 Å². The van der Waals surface area contributed by atoms with Gasteiger partial charge in [0.2, 0.25) is 5.91 Å². The maximum absolute atomic E-state index is 12.6. The van der Waals surface area contributed by atoms with Gasteiger partial charge in [0, 0.05) is 36.6 Å². The Morgan fingerprint density at radius 1 is 0.909 bits per heavy atom. The normalized spacial score (nSPS) is 10.9. The Hall–Kier alpha value is -3.73. The highest BCUT2D eigenvalue weighted by atomic mass is 16.5. The van der Waals surface area contributed by atoms with E-state index < -0.39 is 0 Å². The van der Waals surface area contributed by atoms with Gasteiger partial charge in [0.25, 0.3) is 0 Å². The Morgan fingerprint density at radius 3 is 2.45 bits per heavy atom. The molecular weight excluding hydrogens is 412 g/mol. The molecule has 0 saturated carbocycles. The summed E-state index contributed by atoms with van der Waals surface area (Å²) in [4.78, 5) is 12.6. The van der Waals surface area contributed by atoms with Gasteiger partial charge in [0.15, 0.2) is 11.5 Å². The Kier molecular flexibility index (Phi) is 6.98. The second-order valence-electron chi connectivity index (χ2n) is 8.19. The molecule has 170 valence electrons. The zero-order valence-electron chi connectivity index (χ0n) is 19.4. The number of amides is 1. The van der Waals surface area contributed by atoms with E-state index in [1.807, 2.05) is 18.2 Å². The van der Waals surface area contributed by atoms with Crippen LogP contribution in [0.15, 0.2) is 72.9 Å². The van der Waals surface area contributed by atoms with E-state index in [4.69, 9.17) is 9.47 Å². The van der Waals surface area contributed by atoms with Crippen LogP contribution in [0.4, 0.5) is 0 Å². The Morgan fingerprint density at radius 2 is 1.67 bits per heavy atom. The summed E-state index contributed by atoms with van der Waals surface area (Å²) in [6.07, 6.45) is 3.32. The first-order valence-corrected chi connectivity index (χ1v) is 11.2. The average molecular weight is 443 g/mol. The summed E-state index contributed by atoms with van der Waals surface area (Å²) in [7, 11) is 3.22. The minimum Gasteiger partial charge on any atom is -0.493 e. The zero-order valence-corrected chi connectivity index (χ0v) is 19.4. The van der Waals surface area contributed by atoms with Crippen molar-refractivity contribution in [1.29, 1.82) is 0 Å². The van der Waals surface area contributed by atoms with E-state index >= 15 is 0 Å². The summed E-state index contributed by atoms with van der Waals surface area (Å²) in [6.45, 7) is 3.41. The molecule has 0 fully saturated rings. The van der Waals surface area contributed by atoms with E-state index in [0.717, 1.165) is 12.1 Å². The number of aryl methyl sites for hydroxylation is 2. The molecule has 5 nitrogen and oxygen atoms in total. The molecular formula is C28H30N2O3. The predicted octanol–water partition coefficient (Wildman–Crippen LogP) is 5.26. The van der Waals surface area contributed by atoms with E-state index in [0.29, 0.717) is 30.9 Å². The van der Waals surface area contributed by atoms with Crippen molar-refractivity contribution in [3.63, 3.8) is 0 Å². The zero-order chi connectivity index (χ0) is 23.2. The van der Waals surface area contributed by atoms with Gasteiger partial charge in [0.1, 0.15) is 0 Å². The van der Waals surface area contributed by atoms with Crippen LogP contribution < -0.4 is 14.8 Å². The van der Waals surface area contributed by atoms with Crippen molar-refractivity contribution in [3.05, 3.63) is 95.2 Å². The summed E-state index contributed by atoms with van der Waals surface area (Å²) in [5, 5.41) is 4.23. The quantitative estimate of drug-likeness (QED) is 0.384. The van der Waals surface area contributed by atoms with E-state index in [1.165, 1.54) is 27.6 Å². The number of fused-ring (bicyclic) bond motifs is 1. The van der Waals surface area contributed by atoms with Crippen molar-refractivity contribution in [1.82, 2.24) is 9.88 Å². The van der Waals surface area contributed by atoms with Gasteiger partial charge < -0.3 is 19.4 Å². The minimum atomic E-state index is 0.0283. The van der Waals surface area contributed by atoms with Gasteiger partial charge in [-0.1, -0.05) is 48.5 Å². The molecule has 0 spiro atoms. The van der Waals surface area contributed by atoms with Gasteiger partial charge in [-0.3, -0.25) is 4.79 Å². The molecule has 4 aromatic rings. The van der Waals surface area contributed by atoms with Gasteiger partial charge in [0.05, 0.1) is 14.2 Å². The van der Waals surface area contributed by atoms with Crippen molar-refractivity contribution >= 4 is 16.8 Å². The number of carbonyl (C=O) groups excluding carboxylic acids is 1. The highest BCUT2D eigenvalue weighted by molar-refractivity contribution is 5.85. The summed E-state index contributed by atoms with van der Waals surface area (Å²) < 4.78 is 12.9. The lowest BCUT2D eigenvalue weighted by Gasteiger charge is -2.10. The lowest BCUT2D eigenvalue weighted by atomic mass is 10.1. The van der Waals surface area contributed by atoms with Crippen LogP contribution in [-0.4, -0.2) is 24.7 Å². The monoisotopic (exact) mass is 442 g/mol. The van der Waals surface area contributed by atoms with Crippen molar-refractivity contribution in [2.45, 2.75) is 32.9 Å². The summed E-state index contributed by atoms with van der Waals surface area (Å²) in [5.41, 5.74) is 5.95. The molecule has 33 heavy (non-hydrogen) atoms. The number of hydrogen-bond donors (Lipinski definition) is 1. The molecule has 5 heteroatoms. The Labute approximate surface area is 195 Å². The first kappa shape index (κ1) is 22.5. The van der Waals surface area contributed by atoms with Crippen LogP contribution in [-0.2, 0) is 24.3 Å². The molecule has 0 aliphatic rings. The molecule has 4 rings (SSSR count). The molecule has 0 saturated heterocycles. The van der Waals surface area contributed by atoms with E-state index in [2.05, 4.69) is 71.5 Å². The Balaban J connectivity index is 1.42. The summed E-state index contributed by atoms with van der Waals surface area (Å²) in [5.74, 6) is 1.36. The van der Waals surface area contributed by atoms with Crippen LogP contribution in [0.3, 0.4) is 0 Å².